The molecule has 0 bridgehead atoms. The van der Waals surface area contributed by atoms with Crippen LogP contribution >= 0.6 is 11.3 Å². The topological polar surface area (TPSA) is 76.0 Å². The highest BCUT2D eigenvalue weighted by molar-refractivity contribution is 7.13. The van der Waals surface area contributed by atoms with E-state index < -0.39 is 5.91 Å². The van der Waals surface area contributed by atoms with E-state index in [1.165, 1.54) is 11.3 Å². The third kappa shape index (κ3) is 4.01. The van der Waals surface area contributed by atoms with E-state index >= 15 is 0 Å². The summed E-state index contributed by atoms with van der Waals surface area (Å²) in [5.74, 6) is -0.798. The van der Waals surface area contributed by atoms with E-state index in [0.717, 1.165) is 21.7 Å². The number of benzene rings is 2. The first-order chi connectivity index (χ1) is 14.5. The number of thiophene rings is 1. The fraction of sp³-hybridized carbons (Fsp3) is 0.0870. The molecule has 0 saturated heterocycles. The summed E-state index contributed by atoms with van der Waals surface area (Å²) in [7, 11) is 0. The number of nitrogens with zero attached hydrogens (tertiary/aromatic N) is 2. The van der Waals surface area contributed by atoms with E-state index in [1.54, 1.807) is 16.9 Å². The van der Waals surface area contributed by atoms with E-state index in [1.807, 2.05) is 73.8 Å². The molecular formula is C23H20N4O2S. The van der Waals surface area contributed by atoms with E-state index in [2.05, 4.69) is 16.0 Å². The molecule has 4 aromatic rings. The van der Waals surface area contributed by atoms with Crippen molar-refractivity contribution in [1.29, 1.82) is 0 Å². The van der Waals surface area contributed by atoms with Gasteiger partial charge in [-0.15, -0.1) is 11.3 Å². The Hall–Kier alpha value is -3.71. The van der Waals surface area contributed by atoms with Crippen molar-refractivity contribution in [2.75, 3.05) is 0 Å². The predicted octanol–water partition coefficient (Wildman–Crippen LogP) is 4.29. The second-order valence-electron chi connectivity index (χ2n) is 6.88. The predicted molar refractivity (Wildman–Crippen MR) is 118 cm³/mol. The fourth-order valence-corrected chi connectivity index (χ4v) is 3.89. The van der Waals surface area contributed by atoms with Crippen LogP contribution in [0.4, 0.5) is 0 Å². The highest BCUT2D eigenvalue weighted by Gasteiger charge is 2.20. The molecule has 4 rings (SSSR count). The quantitative estimate of drug-likeness (QED) is 0.487. The summed E-state index contributed by atoms with van der Waals surface area (Å²) < 4.78 is 1.66. The third-order valence-corrected chi connectivity index (χ3v) is 5.53. The largest absolute Gasteiger partial charge is 0.273 e. The second-order valence-corrected chi connectivity index (χ2v) is 7.82. The molecule has 2 aromatic heterocycles. The lowest BCUT2D eigenvalue weighted by molar-refractivity contribution is 0.0846. The minimum atomic E-state index is -0.432. The van der Waals surface area contributed by atoms with Gasteiger partial charge in [0.05, 0.1) is 16.1 Å². The molecule has 150 valence electrons. The van der Waals surface area contributed by atoms with Gasteiger partial charge in [0.2, 0.25) is 0 Å². The van der Waals surface area contributed by atoms with Gasteiger partial charge >= 0.3 is 0 Å². The van der Waals surface area contributed by atoms with Gasteiger partial charge in [-0.05, 0) is 49.1 Å². The highest BCUT2D eigenvalue weighted by Crippen LogP contribution is 2.27. The Morgan fingerprint density at radius 1 is 0.900 bits per heavy atom. The van der Waals surface area contributed by atoms with Crippen LogP contribution < -0.4 is 10.9 Å². The average molecular weight is 417 g/mol. The summed E-state index contributed by atoms with van der Waals surface area (Å²) in [6.45, 7) is 3.83. The molecule has 7 heteroatoms. The molecule has 0 fully saturated rings. The zero-order chi connectivity index (χ0) is 21.1. The van der Waals surface area contributed by atoms with E-state index in [0.29, 0.717) is 16.8 Å². The molecule has 0 aliphatic heterocycles. The molecule has 0 spiro atoms. The number of amides is 2. The SMILES string of the molecule is Cc1ccc(C(=O)NNC(=O)c2cn(-c3ccccc3)nc2-c2cccs2)c(C)c1. The lowest BCUT2D eigenvalue weighted by Crippen LogP contribution is -2.42. The lowest BCUT2D eigenvalue weighted by Gasteiger charge is -2.09. The molecule has 2 aromatic carbocycles. The number of nitrogens with one attached hydrogen (secondary N) is 2. The van der Waals surface area contributed by atoms with Gasteiger partial charge in [-0.25, -0.2) is 4.68 Å². The van der Waals surface area contributed by atoms with Crippen LogP contribution in [0.3, 0.4) is 0 Å². The van der Waals surface area contributed by atoms with Crippen molar-refractivity contribution >= 4 is 23.2 Å². The Kier molecular flexibility index (Phi) is 5.45. The number of para-hydroxylation sites is 1. The van der Waals surface area contributed by atoms with Crippen molar-refractivity contribution in [1.82, 2.24) is 20.6 Å². The first kappa shape index (κ1) is 19.6. The van der Waals surface area contributed by atoms with Crippen molar-refractivity contribution in [2.24, 2.45) is 0 Å². The van der Waals surface area contributed by atoms with Gasteiger partial charge in [-0.2, -0.15) is 5.10 Å². The number of hydrogen-bond donors (Lipinski definition) is 2. The molecule has 6 nitrogen and oxygen atoms in total. The Morgan fingerprint density at radius 2 is 1.63 bits per heavy atom. The van der Waals surface area contributed by atoms with Crippen LogP contribution in [-0.4, -0.2) is 21.6 Å². The molecule has 2 heterocycles. The first-order valence-electron chi connectivity index (χ1n) is 9.40. The number of aryl methyl sites for hydroxylation is 2. The third-order valence-electron chi connectivity index (χ3n) is 4.65. The van der Waals surface area contributed by atoms with Crippen molar-refractivity contribution in [3.05, 3.63) is 94.5 Å². The van der Waals surface area contributed by atoms with Gasteiger partial charge in [0, 0.05) is 11.8 Å². The van der Waals surface area contributed by atoms with Crippen molar-refractivity contribution in [3.8, 4) is 16.3 Å². The summed E-state index contributed by atoms with van der Waals surface area (Å²) >= 11 is 1.50. The lowest BCUT2D eigenvalue weighted by atomic mass is 10.1. The summed E-state index contributed by atoms with van der Waals surface area (Å²) in [5.41, 5.74) is 9.24. The van der Waals surface area contributed by atoms with Crippen LogP contribution in [0.25, 0.3) is 16.3 Å². The molecule has 0 radical (unpaired) electrons. The molecular weight excluding hydrogens is 396 g/mol. The van der Waals surface area contributed by atoms with Crippen LogP contribution in [0, 0.1) is 13.8 Å². The van der Waals surface area contributed by atoms with Crippen molar-refractivity contribution in [2.45, 2.75) is 13.8 Å². The van der Waals surface area contributed by atoms with Crippen LogP contribution in [0.2, 0.25) is 0 Å². The molecule has 30 heavy (non-hydrogen) atoms. The zero-order valence-corrected chi connectivity index (χ0v) is 17.4. The minimum absolute atomic E-state index is 0.367. The van der Waals surface area contributed by atoms with E-state index in [4.69, 9.17) is 0 Å². The highest BCUT2D eigenvalue weighted by atomic mass is 32.1. The molecule has 0 aliphatic carbocycles. The number of hydrogen-bond acceptors (Lipinski definition) is 4. The number of rotatable bonds is 4. The Balaban J connectivity index is 1.58. The van der Waals surface area contributed by atoms with Crippen LogP contribution in [0.1, 0.15) is 31.8 Å². The smallest absolute Gasteiger partial charge is 0.267 e. The molecule has 2 amide bonds. The molecule has 2 N–H and O–H groups in total. The zero-order valence-electron chi connectivity index (χ0n) is 16.5. The Morgan fingerprint density at radius 3 is 2.30 bits per heavy atom. The van der Waals surface area contributed by atoms with Gasteiger partial charge in [0.25, 0.3) is 11.8 Å². The van der Waals surface area contributed by atoms with Crippen LogP contribution in [0.5, 0.6) is 0 Å². The molecule has 0 atom stereocenters. The number of aromatic nitrogens is 2. The van der Waals surface area contributed by atoms with Crippen molar-refractivity contribution in [3.63, 3.8) is 0 Å². The summed E-state index contributed by atoms with van der Waals surface area (Å²) in [6.07, 6.45) is 1.67. The van der Waals surface area contributed by atoms with E-state index in [-0.39, 0.29) is 5.91 Å². The normalized spacial score (nSPS) is 10.6. The Labute approximate surface area is 178 Å². The van der Waals surface area contributed by atoms with Gasteiger partial charge in [-0.1, -0.05) is 42.0 Å². The standard InChI is InChI=1S/C23H20N4O2S/c1-15-10-11-18(16(2)13-15)22(28)24-25-23(29)19-14-27(17-7-4-3-5-8-17)26-21(19)20-9-6-12-30-20/h3-14H,1-2H3,(H,24,28)(H,25,29). The number of carbonyl (C=O) groups excluding carboxylic acids is 2. The van der Waals surface area contributed by atoms with E-state index in [9.17, 15) is 9.59 Å². The van der Waals surface area contributed by atoms with Crippen LogP contribution in [-0.2, 0) is 0 Å². The van der Waals surface area contributed by atoms with Gasteiger partial charge < -0.3 is 0 Å². The first-order valence-corrected chi connectivity index (χ1v) is 10.3. The summed E-state index contributed by atoms with van der Waals surface area (Å²) in [6, 6.07) is 18.9. The monoisotopic (exact) mass is 416 g/mol. The maximum atomic E-state index is 12.9. The average Bonchev–Trinajstić information content (AvgIpc) is 3.42. The van der Waals surface area contributed by atoms with Crippen LogP contribution in [0.15, 0.2) is 72.2 Å². The van der Waals surface area contributed by atoms with Gasteiger partial charge in [0.15, 0.2) is 0 Å². The Bertz CT molecular complexity index is 1200. The van der Waals surface area contributed by atoms with Crippen molar-refractivity contribution < 1.29 is 9.59 Å². The number of hydrazine groups is 1. The fourth-order valence-electron chi connectivity index (χ4n) is 3.16. The molecule has 0 saturated carbocycles. The van der Waals surface area contributed by atoms with Gasteiger partial charge in [-0.3, -0.25) is 20.4 Å². The maximum Gasteiger partial charge on any atom is 0.273 e. The maximum absolute atomic E-state index is 12.9. The molecule has 0 aliphatic rings. The minimum Gasteiger partial charge on any atom is -0.267 e. The van der Waals surface area contributed by atoms with Gasteiger partial charge in [0.1, 0.15) is 5.69 Å². The second kappa shape index (κ2) is 8.34. The summed E-state index contributed by atoms with van der Waals surface area (Å²) in [4.78, 5) is 26.3. The number of carbonyl (C=O) groups is 2. The summed E-state index contributed by atoms with van der Waals surface area (Å²) in [5, 5.41) is 6.54. The molecule has 0 unspecified atom stereocenters.